The van der Waals surface area contributed by atoms with Gasteiger partial charge >= 0.3 is 5.97 Å². The Morgan fingerprint density at radius 2 is 2.04 bits per heavy atom. The minimum atomic E-state index is -1.55. The van der Waals surface area contributed by atoms with E-state index >= 15 is 0 Å². The summed E-state index contributed by atoms with van der Waals surface area (Å²) in [6.07, 6.45) is 0.00651. The Kier molecular flexibility index (Phi) is 5.63. The van der Waals surface area contributed by atoms with Crippen molar-refractivity contribution in [3.8, 4) is 5.75 Å². The van der Waals surface area contributed by atoms with Gasteiger partial charge in [-0.3, -0.25) is 9.59 Å². The van der Waals surface area contributed by atoms with Gasteiger partial charge in [0.15, 0.2) is 5.54 Å². The van der Waals surface area contributed by atoms with E-state index in [0.29, 0.717) is 11.4 Å². The van der Waals surface area contributed by atoms with E-state index in [2.05, 4.69) is 5.32 Å². The van der Waals surface area contributed by atoms with Crippen molar-refractivity contribution < 1.29 is 29.0 Å². The van der Waals surface area contributed by atoms with Gasteiger partial charge in [-0.1, -0.05) is 12.1 Å². The molecule has 2 unspecified atom stereocenters. The van der Waals surface area contributed by atoms with E-state index in [1.165, 1.54) is 26.0 Å². The van der Waals surface area contributed by atoms with Crippen LogP contribution >= 0.6 is 0 Å². The van der Waals surface area contributed by atoms with Gasteiger partial charge in [0.2, 0.25) is 11.8 Å². The number of para-hydroxylation sites is 2. The highest BCUT2D eigenvalue weighted by atomic mass is 16.5. The van der Waals surface area contributed by atoms with Gasteiger partial charge in [0, 0.05) is 20.1 Å². The first-order valence-electron chi connectivity index (χ1n) is 7.80. The van der Waals surface area contributed by atoms with Gasteiger partial charge in [0.05, 0.1) is 25.3 Å². The minimum absolute atomic E-state index is 0.00651. The molecule has 2 atom stereocenters. The number of carboxylic acid groups (broad SMARTS) is 1. The van der Waals surface area contributed by atoms with Crippen LogP contribution in [0, 0.1) is 5.92 Å². The monoisotopic (exact) mass is 350 g/mol. The van der Waals surface area contributed by atoms with Crippen LogP contribution in [0.2, 0.25) is 0 Å². The van der Waals surface area contributed by atoms with Crippen molar-refractivity contribution in [2.24, 2.45) is 5.92 Å². The van der Waals surface area contributed by atoms with Crippen molar-refractivity contribution in [2.75, 3.05) is 32.3 Å². The van der Waals surface area contributed by atoms with Crippen molar-refractivity contribution in [1.82, 2.24) is 5.32 Å². The Morgan fingerprint density at radius 3 is 2.64 bits per heavy atom. The van der Waals surface area contributed by atoms with Crippen LogP contribution in [0.3, 0.4) is 0 Å². The molecule has 1 aromatic carbocycles. The number of aliphatic carboxylic acids is 1. The lowest BCUT2D eigenvalue weighted by atomic mass is 10.0. The number of rotatable bonds is 7. The molecule has 2 rings (SSSR count). The summed E-state index contributed by atoms with van der Waals surface area (Å²) in [6, 6.07) is 7.04. The Balaban J connectivity index is 2.14. The lowest BCUT2D eigenvalue weighted by Gasteiger charge is -2.26. The summed E-state index contributed by atoms with van der Waals surface area (Å²) in [6.45, 7) is 1.35. The molecule has 1 heterocycles. The van der Waals surface area contributed by atoms with Gasteiger partial charge in [-0.2, -0.15) is 0 Å². The number of carboxylic acids is 1. The Labute approximate surface area is 145 Å². The largest absolute Gasteiger partial charge is 0.495 e. The van der Waals surface area contributed by atoms with Gasteiger partial charge in [-0.05, 0) is 19.1 Å². The smallest absolute Gasteiger partial charge is 0.331 e. The molecule has 1 aromatic rings. The summed E-state index contributed by atoms with van der Waals surface area (Å²) in [5.41, 5.74) is -0.963. The molecule has 0 radical (unpaired) electrons. The first-order chi connectivity index (χ1) is 11.8. The minimum Gasteiger partial charge on any atom is -0.495 e. The second kappa shape index (κ2) is 7.52. The summed E-state index contributed by atoms with van der Waals surface area (Å²) < 4.78 is 10.1. The van der Waals surface area contributed by atoms with E-state index in [0.717, 1.165) is 0 Å². The highest BCUT2D eigenvalue weighted by molar-refractivity contribution is 6.02. The normalized spacial score (nSPS) is 19.4. The van der Waals surface area contributed by atoms with E-state index in [1.54, 1.807) is 24.3 Å². The summed E-state index contributed by atoms with van der Waals surface area (Å²) >= 11 is 0. The van der Waals surface area contributed by atoms with E-state index in [9.17, 15) is 19.5 Å². The van der Waals surface area contributed by atoms with Gasteiger partial charge < -0.3 is 24.8 Å². The average Bonchev–Trinajstić information content (AvgIpc) is 2.96. The zero-order chi connectivity index (χ0) is 18.6. The van der Waals surface area contributed by atoms with Crippen LogP contribution in [-0.4, -0.2) is 55.8 Å². The Morgan fingerprint density at radius 1 is 1.36 bits per heavy atom. The summed E-state index contributed by atoms with van der Waals surface area (Å²) in [4.78, 5) is 37.7. The predicted octanol–water partition coefficient (Wildman–Crippen LogP) is 0.654. The van der Waals surface area contributed by atoms with Gasteiger partial charge in [0.25, 0.3) is 0 Å². The molecule has 0 bridgehead atoms. The molecule has 1 aliphatic heterocycles. The van der Waals surface area contributed by atoms with Crippen molar-refractivity contribution in [2.45, 2.75) is 18.9 Å². The molecule has 25 heavy (non-hydrogen) atoms. The molecule has 1 aliphatic rings. The fraction of sp³-hybridized carbons (Fsp3) is 0.471. The fourth-order valence-electron chi connectivity index (χ4n) is 2.78. The van der Waals surface area contributed by atoms with Gasteiger partial charge in [-0.25, -0.2) is 4.79 Å². The van der Waals surface area contributed by atoms with Gasteiger partial charge in [0.1, 0.15) is 5.75 Å². The molecule has 2 N–H and O–H groups in total. The topological polar surface area (TPSA) is 105 Å². The van der Waals surface area contributed by atoms with Crippen LogP contribution in [-0.2, 0) is 19.1 Å². The zero-order valence-corrected chi connectivity index (χ0v) is 14.4. The Bertz CT molecular complexity index is 677. The molecule has 8 nitrogen and oxygen atoms in total. The third-order valence-corrected chi connectivity index (χ3v) is 4.18. The third kappa shape index (κ3) is 3.90. The SMILES string of the molecule is COCC(C)(NC(=O)C1CC(=O)N(c2ccccc2OC)C1)C(=O)O. The summed E-state index contributed by atoms with van der Waals surface area (Å²) in [7, 11) is 2.86. The number of amides is 2. The number of methoxy groups -OCH3 is 2. The number of anilines is 1. The molecule has 8 heteroatoms. The second-order valence-corrected chi connectivity index (χ2v) is 6.14. The number of hydrogen-bond acceptors (Lipinski definition) is 5. The van der Waals surface area contributed by atoms with E-state index in [4.69, 9.17) is 9.47 Å². The number of benzene rings is 1. The fourth-order valence-corrected chi connectivity index (χ4v) is 2.78. The molecule has 2 amide bonds. The quantitative estimate of drug-likeness (QED) is 0.748. The molecule has 0 aliphatic carbocycles. The zero-order valence-electron chi connectivity index (χ0n) is 14.4. The number of ether oxygens (including phenoxy) is 2. The maximum absolute atomic E-state index is 12.5. The second-order valence-electron chi connectivity index (χ2n) is 6.14. The summed E-state index contributed by atoms with van der Waals surface area (Å²) in [5.74, 6) is -2.02. The number of nitrogens with zero attached hydrogens (tertiary/aromatic N) is 1. The molecule has 0 saturated carbocycles. The lowest BCUT2D eigenvalue weighted by molar-refractivity contribution is -0.149. The third-order valence-electron chi connectivity index (χ3n) is 4.18. The highest BCUT2D eigenvalue weighted by Crippen LogP contribution is 2.32. The molecule has 0 aromatic heterocycles. The average molecular weight is 350 g/mol. The first kappa shape index (κ1) is 18.7. The van der Waals surface area contributed by atoms with E-state index in [1.807, 2.05) is 0 Å². The summed E-state index contributed by atoms with van der Waals surface area (Å²) in [5, 5.41) is 11.8. The van der Waals surface area contributed by atoms with E-state index in [-0.39, 0.29) is 25.5 Å². The van der Waals surface area contributed by atoms with E-state index < -0.39 is 23.3 Å². The maximum atomic E-state index is 12.5. The maximum Gasteiger partial charge on any atom is 0.331 e. The van der Waals surface area contributed by atoms with Crippen molar-refractivity contribution in [1.29, 1.82) is 0 Å². The van der Waals surface area contributed by atoms with Crippen LogP contribution in [0.15, 0.2) is 24.3 Å². The number of carbonyl (C=O) groups excluding carboxylic acids is 2. The number of hydrogen-bond donors (Lipinski definition) is 2. The van der Waals surface area contributed by atoms with Crippen molar-refractivity contribution >= 4 is 23.5 Å². The lowest BCUT2D eigenvalue weighted by Crippen LogP contribution is -2.56. The van der Waals surface area contributed by atoms with Crippen LogP contribution in [0.4, 0.5) is 5.69 Å². The molecular weight excluding hydrogens is 328 g/mol. The van der Waals surface area contributed by atoms with Crippen molar-refractivity contribution in [3.05, 3.63) is 24.3 Å². The standard InChI is InChI=1S/C17H22N2O6/c1-17(10-24-2,16(22)23)18-15(21)11-8-14(20)19(9-11)12-6-4-5-7-13(12)25-3/h4-7,11H,8-10H2,1-3H3,(H,18,21)(H,22,23). The highest BCUT2D eigenvalue weighted by Gasteiger charge is 2.41. The number of carbonyl (C=O) groups is 3. The first-order valence-corrected chi connectivity index (χ1v) is 7.80. The predicted molar refractivity (Wildman–Crippen MR) is 89.5 cm³/mol. The molecular formula is C17H22N2O6. The number of nitrogens with one attached hydrogen (secondary N) is 1. The van der Waals surface area contributed by atoms with Crippen molar-refractivity contribution in [3.63, 3.8) is 0 Å². The molecule has 1 saturated heterocycles. The molecule has 0 spiro atoms. The molecule has 136 valence electrons. The Hall–Kier alpha value is -2.61. The van der Waals surface area contributed by atoms with Crippen LogP contribution in [0.25, 0.3) is 0 Å². The van der Waals surface area contributed by atoms with Crippen LogP contribution < -0.4 is 15.0 Å². The van der Waals surface area contributed by atoms with Crippen LogP contribution in [0.1, 0.15) is 13.3 Å². The molecule has 1 fully saturated rings. The van der Waals surface area contributed by atoms with Crippen LogP contribution in [0.5, 0.6) is 5.75 Å². The van der Waals surface area contributed by atoms with Gasteiger partial charge in [-0.15, -0.1) is 0 Å².